The molecule has 3 rings (SSSR count). The highest BCUT2D eigenvalue weighted by Gasteiger charge is 2.16. The first-order valence-corrected chi connectivity index (χ1v) is 8.20. The molecule has 0 aliphatic rings. The molecule has 1 aromatic carbocycles. The number of aromatic hydroxyl groups is 1. The van der Waals surface area contributed by atoms with E-state index < -0.39 is 10.7 Å². The van der Waals surface area contributed by atoms with E-state index in [4.69, 9.17) is 39.3 Å². The molecule has 0 bridgehead atoms. The van der Waals surface area contributed by atoms with Crippen molar-refractivity contribution in [3.63, 3.8) is 0 Å². The van der Waals surface area contributed by atoms with E-state index in [0.717, 1.165) is 0 Å². The van der Waals surface area contributed by atoms with Gasteiger partial charge in [-0.25, -0.2) is 0 Å². The third kappa shape index (κ3) is 3.87. The largest absolute Gasteiger partial charge is 0.507 e. The van der Waals surface area contributed by atoms with Crippen LogP contribution in [0.15, 0.2) is 47.2 Å². The zero-order valence-corrected chi connectivity index (χ0v) is 14.7. The number of phenolic OH excluding ortho intramolecular Hbond substituents is 1. The van der Waals surface area contributed by atoms with Gasteiger partial charge < -0.3 is 14.9 Å². The van der Waals surface area contributed by atoms with Gasteiger partial charge >= 0.3 is 0 Å². The molecule has 0 fully saturated rings. The van der Waals surface area contributed by atoms with E-state index in [1.54, 1.807) is 24.3 Å². The van der Waals surface area contributed by atoms with Crippen LogP contribution >= 0.6 is 34.8 Å². The average molecular weight is 399 g/mol. The maximum absolute atomic E-state index is 11.5. The number of alkyl halides is 2. The minimum absolute atomic E-state index is 0.0123. The normalized spacial score (nSPS) is 10.9. The van der Waals surface area contributed by atoms with Gasteiger partial charge in [0.15, 0.2) is 10.6 Å². The molecule has 0 atom stereocenters. The van der Waals surface area contributed by atoms with Gasteiger partial charge in [0.25, 0.3) is 5.91 Å². The predicted molar refractivity (Wildman–Crippen MR) is 96.0 cm³/mol. The first kappa shape index (κ1) is 17.5. The topological polar surface area (TPSA) is 88.2 Å². The van der Waals surface area contributed by atoms with Crippen molar-refractivity contribution in [3.8, 4) is 28.3 Å². The molecule has 0 saturated heterocycles. The van der Waals surface area contributed by atoms with Crippen LogP contribution < -0.4 is 5.32 Å². The van der Waals surface area contributed by atoms with Crippen LogP contribution in [0.2, 0.25) is 5.02 Å². The summed E-state index contributed by atoms with van der Waals surface area (Å²) in [7, 11) is 0. The maximum atomic E-state index is 11.5. The number of nitrogens with zero attached hydrogens (tertiary/aromatic N) is 2. The Labute approximate surface area is 157 Å². The van der Waals surface area contributed by atoms with Crippen LogP contribution in [0.1, 0.15) is 0 Å². The number of aromatic nitrogens is 2. The minimum atomic E-state index is -1.19. The van der Waals surface area contributed by atoms with Gasteiger partial charge in [0.2, 0.25) is 0 Å². The van der Waals surface area contributed by atoms with Gasteiger partial charge in [-0.05, 0) is 18.2 Å². The van der Waals surface area contributed by atoms with E-state index in [9.17, 15) is 9.90 Å². The Hall–Kier alpha value is -2.28. The summed E-state index contributed by atoms with van der Waals surface area (Å²) in [5.41, 5.74) is 1.69. The van der Waals surface area contributed by atoms with Crippen molar-refractivity contribution in [2.45, 2.75) is 4.84 Å². The summed E-state index contributed by atoms with van der Waals surface area (Å²) >= 11 is 17.1. The Morgan fingerprint density at radius 2 is 2.04 bits per heavy atom. The fourth-order valence-corrected chi connectivity index (χ4v) is 2.51. The molecule has 0 radical (unpaired) electrons. The Balaban J connectivity index is 1.92. The standard InChI is InChI=1S/C16H10Cl3N3O3/c17-10-2-1-3-12(23)14(10)11-5-13(25-22-11)8-4-9(7-20-6-8)21-16(24)15(18)19/h1-7,15,23H,(H,21,24). The number of hydrogen-bond donors (Lipinski definition) is 2. The summed E-state index contributed by atoms with van der Waals surface area (Å²) in [6.07, 6.45) is 2.97. The minimum Gasteiger partial charge on any atom is -0.507 e. The maximum Gasteiger partial charge on any atom is 0.257 e. The Kier molecular flexibility index (Phi) is 5.13. The molecule has 1 amide bonds. The number of amides is 1. The van der Waals surface area contributed by atoms with Gasteiger partial charge in [0.1, 0.15) is 11.4 Å². The molecule has 0 aliphatic carbocycles. The van der Waals surface area contributed by atoms with E-state index >= 15 is 0 Å². The number of hydrogen-bond acceptors (Lipinski definition) is 5. The van der Waals surface area contributed by atoms with Crippen molar-refractivity contribution in [1.82, 2.24) is 10.1 Å². The highest BCUT2D eigenvalue weighted by molar-refractivity contribution is 6.54. The summed E-state index contributed by atoms with van der Waals surface area (Å²) in [5.74, 6) is -0.200. The summed E-state index contributed by atoms with van der Waals surface area (Å²) in [6.45, 7) is 0. The smallest absolute Gasteiger partial charge is 0.257 e. The first-order chi connectivity index (χ1) is 12.0. The Morgan fingerprint density at radius 3 is 2.76 bits per heavy atom. The van der Waals surface area contributed by atoms with E-state index in [1.165, 1.54) is 18.5 Å². The number of phenols is 1. The quantitative estimate of drug-likeness (QED) is 0.632. The molecular weight excluding hydrogens is 389 g/mol. The zero-order chi connectivity index (χ0) is 18.0. The fraction of sp³-hybridized carbons (Fsp3) is 0.0625. The number of anilines is 1. The molecular formula is C16H10Cl3N3O3. The summed E-state index contributed by atoms with van der Waals surface area (Å²) in [4.78, 5) is 14.4. The van der Waals surface area contributed by atoms with Crippen molar-refractivity contribution in [2.75, 3.05) is 5.32 Å². The molecule has 0 aliphatic heterocycles. The molecule has 0 spiro atoms. The van der Waals surface area contributed by atoms with Crippen LogP contribution in [0.4, 0.5) is 5.69 Å². The lowest BCUT2D eigenvalue weighted by Crippen LogP contribution is -2.18. The van der Waals surface area contributed by atoms with Crippen LogP contribution in [0.3, 0.4) is 0 Å². The third-order valence-corrected chi connectivity index (χ3v) is 3.96. The summed E-state index contributed by atoms with van der Waals surface area (Å²) < 4.78 is 5.30. The van der Waals surface area contributed by atoms with Crippen LogP contribution in [0.5, 0.6) is 5.75 Å². The van der Waals surface area contributed by atoms with E-state index in [1.807, 2.05) is 0 Å². The Bertz CT molecular complexity index is 907. The average Bonchev–Trinajstić information content (AvgIpc) is 3.04. The second-order valence-electron chi connectivity index (χ2n) is 4.96. The van der Waals surface area contributed by atoms with Gasteiger partial charge in [0.05, 0.1) is 22.5 Å². The van der Waals surface area contributed by atoms with Crippen LogP contribution in [0.25, 0.3) is 22.6 Å². The van der Waals surface area contributed by atoms with Crippen LogP contribution in [-0.2, 0) is 4.79 Å². The predicted octanol–water partition coefficient (Wildman–Crippen LogP) is 4.50. The molecule has 0 unspecified atom stereocenters. The molecule has 6 nitrogen and oxygen atoms in total. The van der Waals surface area contributed by atoms with E-state index in [-0.39, 0.29) is 5.75 Å². The third-order valence-electron chi connectivity index (χ3n) is 3.25. The van der Waals surface area contributed by atoms with Gasteiger partial charge in [-0.2, -0.15) is 0 Å². The van der Waals surface area contributed by atoms with Crippen LogP contribution in [-0.4, -0.2) is 26.0 Å². The summed E-state index contributed by atoms with van der Waals surface area (Å²) in [5, 5.41) is 16.8. The lowest BCUT2D eigenvalue weighted by Gasteiger charge is -2.05. The number of carbonyl (C=O) groups is 1. The van der Waals surface area contributed by atoms with Crippen molar-refractivity contribution in [1.29, 1.82) is 0 Å². The Morgan fingerprint density at radius 1 is 1.24 bits per heavy atom. The van der Waals surface area contributed by atoms with Gasteiger partial charge in [-0.3, -0.25) is 9.78 Å². The molecule has 128 valence electrons. The summed E-state index contributed by atoms with van der Waals surface area (Å²) in [6, 6.07) is 7.99. The van der Waals surface area contributed by atoms with E-state index in [2.05, 4.69) is 15.5 Å². The van der Waals surface area contributed by atoms with Gasteiger partial charge in [-0.15, -0.1) is 0 Å². The molecule has 9 heteroatoms. The molecule has 2 heterocycles. The van der Waals surface area contributed by atoms with Crippen molar-refractivity contribution in [3.05, 3.63) is 47.7 Å². The molecule has 2 aromatic heterocycles. The number of carbonyl (C=O) groups excluding carboxylic acids is 1. The van der Waals surface area contributed by atoms with Crippen molar-refractivity contribution < 1.29 is 14.4 Å². The number of nitrogens with one attached hydrogen (secondary N) is 1. The second kappa shape index (κ2) is 7.31. The van der Waals surface area contributed by atoms with Crippen molar-refractivity contribution >= 4 is 46.4 Å². The molecule has 3 aromatic rings. The monoisotopic (exact) mass is 397 g/mol. The molecule has 0 saturated carbocycles. The van der Waals surface area contributed by atoms with Gasteiger partial charge in [0, 0.05) is 17.8 Å². The number of pyridine rings is 1. The first-order valence-electron chi connectivity index (χ1n) is 6.94. The fourth-order valence-electron chi connectivity index (χ4n) is 2.14. The second-order valence-corrected chi connectivity index (χ2v) is 6.47. The molecule has 25 heavy (non-hydrogen) atoms. The lowest BCUT2D eigenvalue weighted by atomic mass is 10.1. The number of rotatable bonds is 4. The highest BCUT2D eigenvalue weighted by Crippen LogP contribution is 2.36. The number of benzene rings is 1. The number of halogens is 3. The van der Waals surface area contributed by atoms with Gasteiger partial charge in [-0.1, -0.05) is 46.0 Å². The van der Waals surface area contributed by atoms with Crippen LogP contribution in [0, 0.1) is 0 Å². The van der Waals surface area contributed by atoms with Crippen molar-refractivity contribution in [2.24, 2.45) is 0 Å². The zero-order valence-electron chi connectivity index (χ0n) is 12.4. The van der Waals surface area contributed by atoms with E-state index in [0.29, 0.717) is 33.3 Å². The molecule has 2 N–H and O–H groups in total. The lowest BCUT2D eigenvalue weighted by molar-refractivity contribution is -0.114. The SMILES string of the molecule is O=C(Nc1cncc(-c2cc(-c3c(O)cccc3Cl)no2)c1)C(Cl)Cl. The highest BCUT2D eigenvalue weighted by atomic mass is 35.5.